The Balaban J connectivity index is 2.04. The van der Waals surface area contributed by atoms with Crippen molar-refractivity contribution >= 4 is 23.4 Å². The second-order valence-corrected chi connectivity index (χ2v) is 8.39. The SMILES string of the molecule is CCC(CC)c1ccc(Sc2n[nH]c(=O)n2-c2ccc(Cl)cc2C(F)(F)F)c(C)c1. The Bertz CT molecular complexity index is 1100. The van der Waals surface area contributed by atoms with Gasteiger partial charge in [0, 0.05) is 9.92 Å². The predicted molar refractivity (Wildman–Crippen MR) is 113 cm³/mol. The van der Waals surface area contributed by atoms with Crippen LogP contribution in [0.25, 0.3) is 5.69 Å². The Morgan fingerprint density at radius 1 is 1.17 bits per heavy atom. The number of rotatable bonds is 6. The maximum atomic E-state index is 13.6. The molecule has 3 rings (SSSR count). The van der Waals surface area contributed by atoms with Gasteiger partial charge in [0.05, 0.1) is 11.3 Å². The number of H-pyrrole nitrogens is 1. The van der Waals surface area contributed by atoms with E-state index >= 15 is 0 Å². The lowest BCUT2D eigenvalue weighted by Crippen LogP contribution is -2.20. The summed E-state index contributed by atoms with van der Waals surface area (Å²) < 4.78 is 41.6. The third kappa shape index (κ3) is 4.59. The summed E-state index contributed by atoms with van der Waals surface area (Å²) >= 11 is 6.90. The van der Waals surface area contributed by atoms with E-state index in [4.69, 9.17) is 11.6 Å². The third-order valence-electron chi connectivity index (χ3n) is 5.00. The van der Waals surface area contributed by atoms with E-state index in [0.29, 0.717) is 5.92 Å². The molecule has 0 saturated carbocycles. The molecule has 1 aromatic heterocycles. The van der Waals surface area contributed by atoms with Crippen molar-refractivity contribution in [2.24, 2.45) is 0 Å². The zero-order chi connectivity index (χ0) is 22.1. The number of aryl methyl sites for hydroxylation is 1. The zero-order valence-corrected chi connectivity index (χ0v) is 18.3. The van der Waals surface area contributed by atoms with Gasteiger partial charge >= 0.3 is 11.9 Å². The molecule has 30 heavy (non-hydrogen) atoms. The van der Waals surface area contributed by atoms with Gasteiger partial charge in [0.25, 0.3) is 0 Å². The van der Waals surface area contributed by atoms with Crippen molar-refractivity contribution in [2.45, 2.75) is 55.8 Å². The monoisotopic (exact) mass is 455 g/mol. The highest BCUT2D eigenvalue weighted by atomic mass is 35.5. The third-order valence-corrected chi connectivity index (χ3v) is 6.37. The van der Waals surface area contributed by atoms with E-state index in [1.807, 2.05) is 19.1 Å². The summed E-state index contributed by atoms with van der Waals surface area (Å²) in [6.45, 7) is 6.21. The van der Waals surface area contributed by atoms with E-state index in [-0.39, 0.29) is 15.9 Å². The molecular weight excluding hydrogens is 435 g/mol. The number of hydrogen-bond donors (Lipinski definition) is 1. The van der Waals surface area contributed by atoms with E-state index < -0.39 is 17.4 Å². The van der Waals surface area contributed by atoms with Crippen molar-refractivity contribution in [1.82, 2.24) is 14.8 Å². The molecule has 0 aliphatic heterocycles. The van der Waals surface area contributed by atoms with Crippen molar-refractivity contribution in [3.8, 4) is 5.69 Å². The second-order valence-electron chi connectivity index (χ2n) is 6.95. The van der Waals surface area contributed by atoms with Gasteiger partial charge in [-0.25, -0.2) is 14.5 Å². The standard InChI is InChI=1S/C21H21ClF3N3OS/c1-4-13(5-2)14-6-9-18(12(3)10-14)30-20-27-26-19(29)28(20)17-8-7-15(22)11-16(17)21(23,24)25/h6-11,13H,4-5H2,1-3H3,(H,26,29). The number of aromatic amines is 1. The fourth-order valence-corrected chi connectivity index (χ4v) is 4.48. The number of aromatic nitrogens is 3. The molecule has 0 saturated heterocycles. The molecule has 0 bridgehead atoms. The first-order valence-corrected chi connectivity index (χ1v) is 10.7. The van der Waals surface area contributed by atoms with Crippen LogP contribution in [0, 0.1) is 6.92 Å². The van der Waals surface area contributed by atoms with Crippen LogP contribution in [0.2, 0.25) is 5.02 Å². The van der Waals surface area contributed by atoms with Gasteiger partial charge in [-0.05, 0) is 72.8 Å². The van der Waals surface area contributed by atoms with Gasteiger partial charge in [0.2, 0.25) is 5.16 Å². The first kappa shape index (κ1) is 22.5. The molecule has 0 radical (unpaired) electrons. The molecule has 0 atom stereocenters. The van der Waals surface area contributed by atoms with Crippen LogP contribution in [0.1, 0.15) is 49.3 Å². The minimum Gasteiger partial charge on any atom is -0.246 e. The zero-order valence-electron chi connectivity index (χ0n) is 16.7. The lowest BCUT2D eigenvalue weighted by atomic mass is 9.93. The molecule has 0 spiro atoms. The van der Waals surface area contributed by atoms with Gasteiger partial charge in [-0.15, -0.1) is 5.10 Å². The first-order valence-electron chi connectivity index (χ1n) is 9.48. The van der Waals surface area contributed by atoms with E-state index in [9.17, 15) is 18.0 Å². The van der Waals surface area contributed by atoms with E-state index in [2.05, 4.69) is 30.1 Å². The van der Waals surface area contributed by atoms with Crippen LogP contribution in [0.15, 0.2) is 51.2 Å². The Morgan fingerprint density at radius 2 is 1.87 bits per heavy atom. The Kier molecular flexibility index (Phi) is 6.67. The van der Waals surface area contributed by atoms with Crippen LogP contribution in [0.4, 0.5) is 13.2 Å². The normalized spacial score (nSPS) is 12.0. The second kappa shape index (κ2) is 8.89. The fourth-order valence-electron chi connectivity index (χ4n) is 3.39. The molecule has 0 fully saturated rings. The van der Waals surface area contributed by atoms with Gasteiger partial charge in [-0.2, -0.15) is 13.2 Å². The minimum atomic E-state index is -4.67. The predicted octanol–water partition coefficient (Wildman–Crippen LogP) is 6.60. The van der Waals surface area contributed by atoms with Crippen LogP contribution >= 0.6 is 23.4 Å². The fraction of sp³-hybridized carbons (Fsp3) is 0.333. The van der Waals surface area contributed by atoms with Crippen LogP contribution in [-0.2, 0) is 6.18 Å². The molecule has 0 aliphatic carbocycles. The summed E-state index contributed by atoms with van der Waals surface area (Å²) in [5, 5.41) is 6.26. The summed E-state index contributed by atoms with van der Waals surface area (Å²) in [5.41, 5.74) is 0.120. The van der Waals surface area contributed by atoms with E-state index in [1.54, 1.807) is 0 Å². The van der Waals surface area contributed by atoms with Gasteiger partial charge < -0.3 is 0 Å². The minimum absolute atomic E-state index is 0.0651. The summed E-state index contributed by atoms with van der Waals surface area (Å²) in [5.74, 6) is 0.453. The Hall–Kier alpha value is -2.19. The molecule has 1 heterocycles. The maximum Gasteiger partial charge on any atom is 0.418 e. The van der Waals surface area contributed by atoms with Gasteiger partial charge in [0.1, 0.15) is 0 Å². The average molecular weight is 456 g/mol. The summed E-state index contributed by atoms with van der Waals surface area (Å²) in [6.07, 6.45) is -2.62. The van der Waals surface area contributed by atoms with Crippen LogP contribution in [0.5, 0.6) is 0 Å². The lowest BCUT2D eigenvalue weighted by Gasteiger charge is -2.16. The van der Waals surface area contributed by atoms with Crippen LogP contribution < -0.4 is 5.69 Å². The van der Waals surface area contributed by atoms with E-state index in [0.717, 1.165) is 45.7 Å². The summed E-state index contributed by atoms with van der Waals surface area (Å²) in [4.78, 5) is 13.1. The highest BCUT2D eigenvalue weighted by Crippen LogP contribution is 2.38. The summed E-state index contributed by atoms with van der Waals surface area (Å²) in [6, 6.07) is 9.32. The van der Waals surface area contributed by atoms with Crippen molar-refractivity contribution in [2.75, 3.05) is 0 Å². The van der Waals surface area contributed by atoms with Crippen molar-refractivity contribution in [3.05, 3.63) is 68.6 Å². The molecule has 4 nitrogen and oxygen atoms in total. The Labute approximate surface area is 181 Å². The quantitative estimate of drug-likeness (QED) is 0.455. The van der Waals surface area contributed by atoms with Gasteiger partial charge in [-0.3, -0.25) is 0 Å². The van der Waals surface area contributed by atoms with Crippen molar-refractivity contribution in [1.29, 1.82) is 0 Å². The van der Waals surface area contributed by atoms with Gasteiger partial charge in [0.15, 0.2) is 0 Å². The molecule has 2 aromatic carbocycles. The van der Waals surface area contributed by atoms with Crippen molar-refractivity contribution < 1.29 is 13.2 Å². The first-order chi connectivity index (χ1) is 14.2. The number of nitrogens with zero attached hydrogens (tertiary/aromatic N) is 2. The number of nitrogens with one attached hydrogen (secondary N) is 1. The molecule has 3 aromatic rings. The Morgan fingerprint density at radius 3 is 2.47 bits per heavy atom. The van der Waals surface area contributed by atoms with Gasteiger partial charge in [-0.1, -0.05) is 37.6 Å². The molecule has 0 aliphatic rings. The van der Waals surface area contributed by atoms with E-state index in [1.165, 1.54) is 17.7 Å². The highest BCUT2D eigenvalue weighted by molar-refractivity contribution is 7.99. The van der Waals surface area contributed by atoms with Crippen LogP contribution in [0.3, 0.4) is 0 Å². The maximum absolute atomic E-state index is 13.6. The van der Waals surface area contributed by atoms with Crippen molar-refractivity contribution in [3.63, 3.8) is 0 Å². The molecule has 9 heteroatoms. The molecule has 1 N–H and O–H groups in total. The number of hydrogen-bond acceptors (Lipinski definition) is 3. The molecule has 0 unspecified atom stereocenters. The number of halogens is 4. The molecule has 160 valence electrons. The number of alkyl halides is 3. The summed E-state index contributed by atoms with van der Waals surface area (Å²) in [7, 11) is 0. The lowest BCUT2D eigenvalue weighted by molar-refractivity contribution is -0.137. The highest BCUT2D eigenvalue weighted by Gasteiger charge is 2.35. The molecule has 0 amide bonds. The average Bonchev–Trinajstić information content (AvgIpc) is 3.04. The number of benzene rings is 2. The molecular formula is C21H21ClF3N3OS. The smallest absolute Gasteiger partial charge is 0.246 e. The largest absolute Gasteiger partial charge is 0.418 e. The van der Waals surface area contributed by atoms with Crippen LogP contribution in [-0.4, -0.2) is 14.8 Å². The topological polar surface area (TPSA) is 50.7 Å².